The van der Waals surface area contributed by atoms with Crippen LogP contribution < -0.4 is 14.8 Å². The Morgan fingerprint density at radius 3 is 2.48 bits per heavy atom. The fourth-order valence-corrected chi connectivity index (χ4v) is 3.60. The molecular formula is C25H19BrCl2N2O3. The summed E-state index contributed by atoms with van der Waals surface area (Å²) < 4.78 is 12.6. The monoisotopic (exact) mass is 544 g/mol. The summed E-state index contributed by atoms with van der Waals surface area (Å²) in [5, 5.41) is 12.8. The third-order valence-corrected chi connectivity index (χ3v) is 5.57. The summed E-state index contributed by atoms with van der Waals surface area (Å²) in [7, 11) is 0. The first-order valence-corrected chi connectivity index (χ1v) is 11.5. The number of amides is 1. The molecule has 0 unspecified atom stereocenters. The van der Waals surface area contributed by atoms with Crippen LogP contribution in [0.1, 0.15) is 18.1 Å². The summed E-state index contributed by atoms with van der Waals surface area (Å²) >= 11 is 16.0. The lowest BCUT2D eigenvalue weighted by Crippen LogP contribution is -2.13. The second-order valence-electron chi connectivity index (χ2n) is 6.78. The first-order valence-electron chi connectivity index (χ1n) is 9.92. The molecule has 3 aromatic carbocycles. The molecule has 0 aliphatic rings. The van der Waals surface area contributed by atoms with Gasteiger partial charge in [-0.3, -0.25) is 4.79 Å². The van der Waals surface area contributed by atoms with E-state index >= 15 is 0 Å². The highest BCUT2D eigenvalue weighted by atomic mass is 79.9. The number of nitrogens with one attached hydrogen (secondary N) is 1. The average molecular weight is 546 g/mol. The van der Waals surface area contributed by atoms with Crippen molar-refractivity contribution in [2.75, 3.05) is 11.9 Å². The Kier molecular flexibility index (Phi) is 8.79. The van der Waals surface area contributed by atoms with Crippen LogP contribution in [-0.4, -0.2) is 12.5 Å². The maximum absolute atomic E-state index is 12.6. The molecule has 0 spiro atoms. The zero-order chi connectivity index (χ0) is 23.8. The van der Waals surface area contributed by atoms with Gasteiger partial charge in [-0.25, -0.2) is 0 Å². The van der Waals surface area contributed by atoms with Crippen LogP contribution in [0.4, 0.5) is 5.69 Å². The largest absolute Gasteiger partial charge is 0.490 e. The summed E-state index contributed by atoms with van der Waals surface area (Å²) in [5.41, 5.74) is 1.78. The van der Waals surface area contributed by atoms with Gasteiger partial charge in [0, 0.05) is 4.47 Å². The second-order valence-corrected chi connectivity index (χ2v) is 8.51. The molecule has 0 radical (unpaired) electrons. The fraction of sp³-hybridized carbons (Fsp3) is 0.120. The lowest BCUT2D eigenvalue weighted by atomic mass is 10.1. The van der Waals surface area contributed by atoms with E-state index < -0.39 is 5.91 Å². The van der Waals surface area contributed by atoms with E-state index in [-0.39, 0.29) is 5.57 Å². The molecule has 0 bridgehead atoms. The summed E-state index contributed by atoms with van der Waals surface area (Å²) in [6.45, 7) is 2.52. The first kappa shape index (κ1) is 24.7. The molecule has 5 nitrogen and oxygen atoms in total. The van der Waals surface area contributed by atoms with Crippen molar-refractivity contribution in [2.45, 2.75) is 13.5 Å². The van der Waals surface area contributed by atoms with Gasteiger partial charge in [-0.15, -0.1) is 0 Å². The van der Waals surface area contributed by atoms with Crippen LogP contribution >= 0.6 is 39.1 Å². The molecule has 0 saturated heterocycles. The molecule has 0 fully saturated rings. The first-order chi connectivity index (χ1) is 15.9. The normalized spacial score (nSPS) is 10.9. The molecule has 0 aliphatic heterocycles. The predicted molar refractivity (Wildman–Crippen MR) is 135 cm³/mol. The number of para-hydroxylation sites is 1. The van der Waals surface area contributed by atoms with E-state index in [1.165, 1.54) is 6.08 Å². The van der Waals surface area contributed by atoms with Gasteiger partial charge in [-0.1, -0.05) is 63.4 Å². The Bertz CT molecular complexity index is 1220. The molecule has 1 amide bonds. The van der Waals surface area contributed by atoms with Gasteiger partial charge in [0.05, 0.1) is 22.3 Å². The fourth-order valence-electron chi connectivity index (χ4n) is 2.88. The van der Waals surface area contributed by atoms with E-state index in [1.54, 1.807) is 36.4 Å². The molecule has 0 heterocycles. The van der Waals surface area contributed by atoms with Crippen molar-refractivity contribution >= 4 is 56.8 Å². The number of hydrogen-bond acceptors (Lipinski definition) is 4. The summed E-state index contributed by atoms with van der Waals surface area (Å²) in [6, 6.07) is 19.7. The number of halogens is 3. The number of carbonyl (C=O) groups is 1. The second kappa shape index (κ2) is 11.8. The standard InChI is InChI=1S/C25H19BrCl2N2O3/c1-2-32-23-13-17(11-18(14-29)25(31)30-22-6-4-3-5-20(22)27)12-21(28)24(23)33-15-16-7-9-19(26)10-8-16/h3-13H,2,15H2,1H3,(H,30,31)/b18-11+. The maximum Gasteiger partial charge on any atom is 0.266 e. The van der Waals surface area contributed by atoms with Crippen molar-refractivity contribution in [3.05, 3.63) is 91.9 Å². The number of rotatable bonds is 8. The topological polar surface area (TPSA) is 71.3 Å². The van der Waals surface area contributed by atoms with Crippen molar-refractivity contribution in [3.63, 3.8) is 0 Å². The smallest absolute Gasteiger partial charge is 0.266 e. The number of carbonyl (C=O) groups excluding carboxylic acids is 1. The third kappa shape index (κ3) is 6.75. The Morgan fingerprint density at radius 2 is 1.82 bits per heavy atom. The van der Waals surface area contributed by atoms with E-state index in [1.807, 2.05) is 37.3 Å². The van der Waals surface area contributed by atoms with Crippen LogP contribution in [0.25, 0.3) is 6.08 Å². The van der Waals surface area contributed by atoms with E-state index in [0.717, 1.165) is 10.0 Å². The summed E-state index contributed by atoms with van der Waals surface area (Å²) in [6.07, 6.45) is 1.43. The molecule has 0 aromatic heterocycles. The SMILES string of the molecule is CCOc1cc(/C=C(\C#N)C(=O)Nc2ccccc2Cl)cc(Cl)c1OCc1ccc(Br)cc1. The minimum Gasteiger partial charge on any atom is -0.490 e. The van der Waals surface area contributed by atoms with E-state index in [2.05, 4.69) is 21.2 Å². The van der Waals surface area contributed by atoms with Gasteiger partial charge < -0.3 is 14.8 Å². The van der Waals surface area contributed by atoms with Crippen molar-refractivity contribution in [1.29, 1.82) is 5.26 Å². The number of anilines is 1. The molecule has 8 heteroatoms. The number of ether oxygens (including phenoxy) is 2. The van der Waals surface area contributed by atoms with E-state index in [0.29, 0.717) is 46.0 Å². The molecular weight excluding hydrogens is 527 g/mol. The lowest BCUT2D eigenvalue weighted by molar-refractivity contribution is -0.112. The van der Waals surface area contributed by atoms with Crippen LogP contribution in [0, 0.1) is 11.3 Å². The molecule has 3 aromatic rings. The van der Waals surface area contributed by atoms with Crippen LogP contribution in [0.3, 0.4) is 0 Å². The van der Waals surface area contributed by atoms with Gasteiger partial charge in [0.15, 0.2) is 11.5 Å². The Balaban J connectivity index is 1.85. The molecule has 168 valence electrons. The molecule has 0 saturated carbocycles. The van der Waals surface area contributed by atoms with Crippen molar-refractivity contribution < 1.29 is 14.3 Å². The quantitative estimate of drug-likeness (QED) is 0.238. The molecule has 0 aliphatic carbocycles. The molecule has 0 atom stereocenters. The minimum atomic E-state index is -0.588. The number of nitrogens with zero attached hydrogens (tertiary/aromatic N) is 1. The minimum absolute atomic E-state index is 0.114. The Labute approximate surface area is 210 Å². The van der Waals surface area contributed by atoms with Crippen molar-refractivity contribution in [1.82, 2.24) is 0 Å². The van der Waals surface area contributed by atoms with E-state index in [4.69, 9.17) is 32.7 Å². The highest BCUT2D eigenvalue weighted by Crippen LogP contribution is 2.38. The van der Waals surface area contributed by atoms with Crippen LogP contribution in [0.15, 0.2) is 70.7 Å². The number of benzene rings is 3. The van der Waals surface area contributed by atoms with Crippen LogP contribution in [0.2, 0.25) is 10.0 Å². The highest BCUT2D eigenvalue weighted by Gasteiger charge is 2.15. The number of nitriles is 1. The van der Waals surface area contributed by atoms with Crippen molar-refractivity contribution in [3.8, 4) is 17.6 Å². The van der Waals surface area contributed by atoms with Crippen molar-refractivity contribution in [2.24, 2.45) is 0 Å². The van der Waals surface area contributed by atoms with Gasteiger partial charge in [-0.2, -0.15) is 5.26 Å². The summed E-state index contributed by atoms with van der Waals surface area (Å²) in [4.78, 5) is 12.6. The zero-order valence-electron chi connectivity index (χ0n) is 17.6. The van der Waals surface area contributed by atoms with Crippen LogP contribution in [-0.2, 0) is 11.4 Å². The predicted octanol–water partition coefficient (Wildman–Crippen LogP) is 7.28. The average Bonchev–Trinajstić information content (AvgIpc) is 2.79. The third-order valence-electron chi connectivity index (χ3n) is 4.43. The van der Waals surface area contributed by atoms with Gasteiger partial charge in [0.25, 0.3) is 5.91 Å². The van der Waals surface area contributed by atoms with E-state index in [9.17, 15) is 10.1 Å². The van der Waals surface area contributed by atoms with Gasteiger partial charge in [0.1, 0.15) is 18.2 Å². The van der Waals surface area contributed by atoms with Gasteiger partial charge in [0.2, 0.25) is 0 Å². The Morgan fingerprint density at radius 1 is 1.09 bits per heavy atom. The number of hydrogen-bond donors (Lipinski definition) is 1. The van der Waals surface area contributed by atoms with Gasteiger partial charge >= 0.3 is 0 Å². The van der Waals surface area contributed by atoms with Gasteiger partial charge in [-0.05, 0) is 60.5 Å². The molecule has 33 heavy (non-hydrogen) atoms. The highest BCUT2D eigenvalue weighted by molar-refractivity contribution is 9.10. The Hall–Kier alpha value is -2.98. The zero-order valence-corrected chi connectivity index (χ0v) is 20.7. The maximum atomic E-state index is 12.6. The molecule has 3 rings (SSSR count). The summed E-state index contributed by atoms with van der Waals surface area (Å²) in [5.74, 6) is 0.213. The lowest BCUT2D eigenvalue weighted by Gasteiger charge is -2.15. The van der Waals surface area contributed by atoms with Crippen LogP contribution in [0.5, 0.6) is 11.5 Å². The molecule has 1 N–H and O–H groups in total.